The maximum Gasteiger partial charge on any atom is 0.270 e. The number of nitrogens with zero attached hydrogens (tertiary/aromatic N) is 2. The van der Waals surface area contributed by atoms with Crippen molar-refractivity contribution in [2.45, 2.75) is 20.3 Å². The minimum absolute atomic E-state index is 0.0715. The molecule has 0 saturated carbocycles. The van der Waals surface area contributed by atoms with E-state index in [0.717, 1.165) is 4.90 Å². The second-order valence-electron chi connectivity index (χ2n) is 7.16. The minimum atomic E-state index is -4.28. The molecule has 2 rings (SSSR count). The molecule has 0 atom stereocenters. The second kappa shape index (κ2) is 9.25. The number of furan rings is 1. The monoisotopic (exact) mass is 472 g/mol. The molecule has 0 unspecified atom stereocenters. The van der Waals surface area contributed by atoms with Gasteiger partial charge in [-0.25, -0.2) is 0 Å². The molecule has 12 heteroatoms. The summed E-state index contributed by atoms with van der Waals surface area (Å²) in [7, 11) is -4.28. The number of thiocarbonyl (C=S) groups is 1. The molecule has 162 valence electrons. The summed E-state index contributed by atoms with van der Waals surface area (Å²) in [5.74, 6) is -0.299. The summed E-state index contributed by atoms with van der Waals surface area (Å²) in [4.78, 5) is 24.4. The predicted molar refractivity (Wildman–Crippen MR) is 118 cm³/mol. The smallest absolute Gasteiger partial charge is 0.270 e. The Morgan fingerprint density at radius 3 is 2.57 bits per heavy atom. The predicted octanol–water partition coefficient (Wildman–Crippen LogP) is 3.35. The topological polar surface area (TPSA) is 131 Å². The summed E-state index contributed by atoms with van der Waals surface area (Å²) in [5.41, 5.74) is -0.590. The normalized spacial score (nSPS) is 11.9. The van der Waals surface area contributed by atoms with Crippen LogP contribution in [0.5, 0.6) is 0 Å². The Morgan fingerprint density at radius 1 is 1.33 bits per heavy atom. The zero-order valence-corrected chi connectivity index (χ0v) is 18.7. The van der Waals surface area contributed by atoms with E-state index in [0.29, 0.717) is 17.1 Å². The first kappa shape index (κ1) is 24.0. The Balaban J connectivity index is 2.20. The molecule has 0 aliphatic carbocycles. The largest absolute Gasteiger partial charge is 0.461 e. The molecule has 0 aliphatic rings. The van der Waals surface area contributed by atoms with Gasteiger partial charge in [-0.2, -0.15) is 8.42 Å². The van der Waals surface area contributed by atoms with Gasteiger partial charge in [0, 0.05) is 30.7 Å². The van der Waals surface area contributed by atoms with E-state index in [2.05, 4.69) is 12.6 Å². The van der Waals surface area contributed by atoms with Crippen LogP contribution in [0.15, 0.2) is 40.8 Å². The van der Waals surface area contributed by atoms with Crippen molar-refractivity contribution in [2.75, 3.05) is 12.3 Å². The molecule has 0 aliphatic heterocycles. The van der Waals surface area contributed by atoms with E-state index >= 15 is 0 Å². The summed E-state index contributed by atoms with van der Waals surface area (Å²) < 4.78 is 36.6. The molecule has 2 aromatic rings. The lowest BCUT2D eigenvalue weighted by molar-refractivity contribution is -0.384. The zero-order chi connectivity index (χ0) is 22.7. The van der Waals surface area contributed by atoms with Crippen LogP contribution >= 0.6 is 24.8 Å². The lowest BCUT2D eigenvalue weighted by Gasteiger charge is -2.30. The molecule has 0 fully saturated rings. The number of thiol groups is 1. The summed E-state index contributed by atoms with van der Waals surface area (Å²) in [6, 6.07) is 9.27. The number of nitro groups is 1. The summed E-state index contributed by atoms with van der Waals surface area (Å²) in [6.45, 7) is 2.94. The molecule has 9 nitrogen and oxygen atoms in total. The van der Waals surface area contributed by atoms with E-state index in [1.807, 2.05) is 0 Å². The average molecular weight is 473 g/mol. The van der Waals surface area contributed by atoms with Crippen LogP contribution in [0.4, 0.5) is 5.69 Å². The maximum absolute atomic E-state index is 12.9. The van der Waals surface area contributed by atoms with Crippen molar-refractivity contribution in [2.24, 2.45) is 5.41 Å². The van der Waals surface area contributed by atoms with E-state index in [1.54, 1.807) is 38.1 Å². The van der Waals surface area contributed by atoms with Crippen LogP contribution in [0.2, 0.25) is 0 Å². The molecular formula is C18H20N2O7S3. The minimum Gasteiger partial charge on any atom is -0.461 e. The van der Waals surface area contributed by atoms with Gasteiger partial charge in [0.25, 0.3) is 15.8 Å². The number of benzene rings is 1. The van der Waals surface area contributed by atoms with Crippen molar-refractivity contribution >= 4 is 50.9 Å². The van der Waals surface area contributed by atoms with E-state index < -0.39 is 32.1 Å². The Labute approximate surface area is 184 Å². The first-order valence-electron chi connectivity index (χ1n) is 8.64. The molecule has 0 radical (unpaired) electrons. The summed E-state index contributed by atoms with van der Waals surface area (Å²) >= 11 is 8.91. The van der Waals surface area contributed by atoms with Gasteiger partial charge in [-0.3, -0.25) is 24.4 Å². The summed E-state index contributed by atoms with van der Waals surface area (Å²) in [6.07, 6.45) is 0.152. The summed E-state index contributed by atoms with van der Waals surface area (Å²) in [5, 5.41) is 10.9. The fraction of sp³-hybridized carbons (Fsp3) is 0.333. The molecule has 0 spiro atoms. The van der Waals surface area contributed by atoms with Gasteiger partial charge in [0.05, 0.1) is 16.1 Å². The average Bonchev–Trinajstić information content (AvgIpc) is 3.08. The number of nitro benzene ring substituents is 1. The van der Waals surface area contributed by atoms with Gasteiger partial charge < -0.3 is 4.42 Å². The molecule has 30 heavy (non-hydrogen) atoms. The molecule has 0 bridgehead atoms. The van der Waals surface area contributed by atoms with Crippen LogP contribution < -0.4 is 0 Å². The number of amides is 1. The first-order chi connectivity index (χ1) is 13.8. The molecular weight excluding hydrogens is 452 g/mol. The Bertz CT molecular complexity index is 1080. The fourth-order valence-electron chi connectivity index (χ4n) is 2.77. The maximum atomic E-state index is 12.9. The molecule has 1 N–H and O–H groups in total. The third-order valence-electron chi connectivity index (χ3n) is 4.25. The fourth-order valence-corrected chi connectivity index (χ4v) is 3.55. The van der Waals surface area contributed by atoms with Crippen molar-refractivity contribution in [1.82, 2.24) is 4.90 Å². The SMILES string of the molecule is CC(C)(Cc1ccc(-c2cccc([N+](=O)[O-])c2)o1)C(=O)N(CCS(=O)(=O)O)C(=S)S. The highest BCUT2D eigenvalue weighted by Gasteiger charge is 2.35. The Kier molecular flexibility index (Phi) is 7.40. The van der Waals surface area contributed by atoms with Crippen LogP contribution in [-0.4, -0.2) is 45.3 Å². The first-order valence-corrected chi connectivity index (χ1v) is 11.1. The molecule has 0 saturated heterocycles. The Hall–Kier alpha value is -2.28. The second-order valence-corrected chi connectivity index (χ2v) is 9.84. The van der Waals surface area contributed by atoms with Crippen molar-refractivity contribution in [3.8, 4) is 11.3 Å². The van der Waals surface area contributed by atoms with Gasteiger partial charge in [0.1, 0.15) is 15.8 Å². The van der Waals surface area contributed by atoms with Crippen LogP contribution in [-0.2, 0) is 21.3 Å². The zero-order valence-electron chi connectivity index (χ0n) is 16.1. The standard InChI is InChI=1S/C18H20N2O7S3/c1-18(2,16(21)19(17(28)29)8-9-30(24,25)26)11-14-6-7-15(27-14)12-4-3-5-13(10-12)20(22)23/h3-7,10H,8-9,11H2,1-2H3,(H,28,29)(H,24,25,26). The number of carbonyl (C=O) groups is 1. The molecule has 1 amide bonds. The number of rotatable bonds is 8. The van der Waals surface area contributed by atoms with Gasteiger partial charge in [-0.05, 0) is 12.1 Å². The van der Waals surface area contributed by atoms with Crippen LogP contribution in [0.25, 0.3) is 11.3 Å². The lowest BCUT2D eigenvalue weighted by Crippen LogP contribution is -2.45. The van der Waals surface area contributed by atoms with Gasteiger partial charge in [-0.1, -0.05) is 38.2 Å². The van der Waals surface area contributed by atoms with Crippen molar-refractivity contribution in [3.63, 3.8) is 0 Å². The highest BCUT2D eigenvalue weighted by atomic mass is 32.2. The molecule has 1 heterocycles. The van der Waals surface area contributed by atoms with Crippen LogP contribution in [0, 0.1) is 15.5 Å². The van der Waals surface area contributed by atoms with Gasteiger partial charge in [0.2, 0.25) is 5.91 Å². The van der Waals surface area contributed by atoms with E-state index in [-0.39, 0.29) is 23.0 Å². The quantitative estimate of drug-likeness (QED) is 0.197. The highest BCUT2D eigenvalue weighted by Crippen LogP contribution is 2.30. The van der Waals surface area contributed by atoms with E-state index in [4.69, 9.17) is 21.2 Å². The number of hydrogen-bond donors (Lipinski definition) is 2. The number of non-ortho nitro benzene ring substituents is 1. The third-order valence-corrected chi connectivity index (χ3v) is 5.41. The molecule has 1 aromatic carbocycles. The van der Waals surface area contributed by atoms with Crippen molar-refractivity contribution < 1.29 is 27.1 Å². The van der Waals surface area contributed by atoms with Crippen LogP contribution in [0.1, 0.15) is 19.6 Å². The lowest BCUT2D eigenvalue weighted by atomic mass is 9.86. The Morgan fingerprint density at radius 2 is 2.00 bits per heavy atom. The highest BCUT2D eigenvalue weighted by molar-refractivity contribution is 8.11. The van der Waals surface area contributed by atoms with Crippen molar-refractivity contribution in [1.29, 1.82) is 0 Å². The van der Waals surface area contributed by atoms with E-state index in [1.165, 1.54) is 12.1 Å². The third kappa shape index (κ3) is 6.36. The van der Waals surface area contributed by atoms with Gasteiger partial charge >= 0.3 is 0 Å². The van der Waals surface area contributed by atoms with Crippen LogP contribution in [0.3, 0.4) is 0 Å². The van der Waals surface area contributed by atoms with Gasteiger partial charge in [0.15, 0.2) is 0 Å². The van der Waals surface area contributed by atoms with E-state index in [9.17, 15) is 23.3 Å². The number of hydrogen-bond acceptors (Lipinski definition) is 7. The van der Waals surface area contributed by atoms with Gasteiger partial charge in [-0.15, -0.1) is 12.6 Å². The molecule has 1 aromatic heterocycles. The van der Waals surface area contributed by atoms with Crippen molar-refractivity contribution in [3.05, 3.63) is 52.3 Å². The number of carbonyl (C=O) groups excluding carboxylic acids is 1.